The van der Waals surface area contributed by atoms with E-state index in [-0.39, 0.29) is 37.4 Å². The van der Waals surface area contributed by atoms with Crippen molar-refractivity contribution in [3.05, 3.63) is 112 Å². The van der Waals surface area contributed by atoms with E-state index in [0.29, 0.717) is 44.7 Å². The summed E-state index contributed by atoms with van der Waals surface area (Å²) >= 11 is 6.37. The lowest BCUT2D eigenvalue weighted by molar-refractivity contribution is -0.135. The van der Waals surface area contributed by atoms with E-state index in [2.05, 4.69) is 5.32 Å². The van der Waals surface area contributed by atoms with E-state index >= 15 is 0 Å². The van der Waals surface area contributed by atoms with Crippen LogP contribution in [-0.2, 0) is 33.9 Å². The molecule has 2 atom stereocenters. The molecule has 4 aromatic rings. The van der Waals surface area contributed by atoms with E-state index in [1.54, 1.807) is 76.2 Å². The highest BCUT2D eigenvalue weighted by Crippen LogP contribution is 2.36. The number of amides is 4. The topological polar surface area (TPSA) is 142 Å². The molecule has 0 unspecified atom stereocenters. The van der Waals surface area contributed by atoms with Crippen LogP contribution >= 0.6 is 11.6 Å². The molecule has 1 saturated heterocycles. The normalized spacial score (nSPS) is 14.9. The fourth-order valence-corrected chi connectivity index (χ4v) is 6.76. The average Bonchev–Trinajstić information content (AvgIpc) is 3.31. The van der Waals surface area contributed by atoms with Crippen LogP contribution in [-0.4, -0.2) is 80.7 Å². The Morgan fingerprint density at radius 2 is 1.52 bits per heavy atom. The Morgan fingerprint density at radius 3 is 2.14 bits per heavy atom. The van der Waals surface area contributed by atoms with Crippen molar-refractivity contribution in [1.29, 1.82) is 0 Å². The van der Waals surface area contributed by atoms with Gasteiger partial charge in [-0.15, -0.1) is 0 Å². The molecule has 1 fully saturated rings. The molecule has 0 saturated carbocycles. The van der Waals surface area contributed by atoms with Crippen molar-refractivity contribution >= 4 is 35.4 Å². The van der Waals surface area contributed by atoms with Gasteiger partial charge in [0.2, 0.25) is 11.8 Å². The standard InChI is InChI=1S/C44H50ClN3O10/c1-27(29-14-16-34(42(51)58-44(2,3)4)39(20-29)57-26-28-12-10-9-11-13-28)46-43(52)48-25-40(49)47(24-35-37(55-7)21-33(53-5)22-38(35)56-8)23-31(41(48)50)18-30-19-32(45)15-17-36(30)54-6/h9-17,19-22,27,31H,18,23-26H2,1-8H3,(H,46,52)/t27-,31-/m1/s1. The van der Waals surface area contributed by atoms with E-state index in [4.69, 9.17) is 40.0 Å². The van der Waals surface area contributed by atoms with Gasteiger partial charge >= 0.3 is 12.0 Å². The maximum atomic E-state index is 14.4. The summed E-state index contributed by atoms with van der Waals surface area (Å²) in [6.07, 6.45) is 0.108. The van der Waals surface area contributed by atoms with Crippen molar-refractivity contribution in [1.82, 2.24) is 15.1 Å². The lowest BCUT2D eigenvalue weighted by atomic mass is 9.96. The van der Waals surface area contributed by atoms with Gasteiger partial charge < -0.3 is 38.6 Å². The molecule has 0 aliphatic carbocycles. The van der Waals surface area contributed by atoms with Gasteiger partial charge in [0.05, 0.1) is 52.5 Å². The second kappa shape index (κ2) is 19.0. The van der Waals surface area contributed by atoms with Gasteiger partial charge in [0.25, 0.3) is 0 Å². The van der Waals surface area contributed by atoms with Crippen LogP contribution in [0.1, 0.15) is 66.3 Å². The molecule has 1 N–H and O–H groups in total. The van der Waals surface area contributed by atoms with Crippen molar-refractivity contribution in [2.45, 2.75) is 58.9 Å². The fourth-order valence-electron chi connectivity index (χ4n) is 6.56. The van der Waals surface area contributed by atoms with Crippen molar-refractivity contribution in [2.24, 2.45) is 5.92 Å². The van der Waals surface area contributed by atoms with Gasteiger partial charge in [-0.1, -0.05) is 48.0 Å². The van der Waals surface area contributed by atoms with E-state index < -0.39 is 47.9 Å². The summed E-state index contributed by atoms with van der Waals surface area (Å²) in [7, 11) is 6.02. The number of carbonyl (C=O) groups excluding carboxylic acids is 4. The zero-order valence-corrected chi connectivity index (χ0v) is 34.8. The quantitative estimate of drug-likeness (QED) is 0.128. The Kier molecular flexibility index (Phi) is 14.1. The van der Waals surface area contributed by atoms with E-state index in [9.17, 15) is 19.2 Å². The van der Waals surface area contributed by atoms with Crippen LogP contribution < -0.4 is 29.0 Å². The first-order valence-electron chi connectivity index (χ1n) is 18.7. The molecular weight excluding hydrogens is 766 g/mol. The number of carbonyl (C=O) groups is 4. The molecule has 0 radical (unpaired) electrons. The van der Waals surface area contributed by atoms with Crippen LogP contribution in [0.2, 0.25) is 5.02 Å². The molecule has 0 spiro atoms. The van der Waals surface area contributed by atoms with E-state index in [0.717, 1.165) is 10.5 Å². The Morgan fingerprint density at radius 1 is 0.845 bits per heavy atom. The zero-order valence-electron chi connectivity index (χ0n) is 34.1. The summed E-state index contributed by atoms with van der Waals surface area (Å²) in [5, 5.41) is 3.32. The number of benzene rings is 4. The highest BCUT2D eigenvalue weighted by atomic mass is 35.5. The first-order valence-corrected chi connectivity index (χ1v) is 19.1. The number of esters is 1. The second-order valence-corrected chi connectivity index (χ2v) is 15.2. The molecule has 4 aromatic carbocycles. The number of rotatable bonds is 14. The number of ether oxygens (including phenoxy) is 6. The van der Waals surface area contributed by atoms with Crippen molar-refractivity contribution < 1.29 is 47.6 Å². The van der Waals surface area contributed by atoms with Crippen molar-refractivity contribution in [2.75, 3.05) is 41.5 Å². The number of hydrogen-bond acceptors (Lipinski definition) is 10. The van der Waals surface area contributed by atoms with Crippen molar-refractivity contribution in [3.63, 3.8) is 0 Å². The van der Waals surface area contributed by atoms with Gasteiger partial charge in [0.1, 0.15) is 53.1 Å². The minimum atomic E-state index is -0.888. The largest absolute Gasteiger partial charge is 0.496 e. The number of imide groups is 1. The van der Waals surface area contributed by atoms with Gasteiger partial charge in [-0.3, -0.25) is 14.5 Å². The second-order valence-electron chi connectivity index (χ2n) is 14.8. The molecule has 58 heavy (non-hydrogen) atoms. The molecule has 1 aliphatic heterocycles. The molecule has 0 bridgehead atoms. The Bertz CT molecular complexity index is 2100. The van der Waals surface area contributed by atoms with Gasteiger partial charge in [0.15, 0.2) is 0 Å². The minimum Gasteiger partial charge on any atom is -0.496 e. The summed E-state index contributed by atoms with van der Waals surface area (Å²) in [6, 6.07) is 21.4. The van der Waals surface area contributed by atoms with Crippen LogP contribution in [0.4, 0.5) is 4.79 Å². The predicted molar refractivity (Wildman–Crippen MR) is 218 cm³/mol. The third-order valence-corrected chi connectivity index (χ3v) is 9.76. The highest BCUT2D eigenvalue weighted by molar-refractivity contribution is 6.30. The van der Waals surface area contributed by atoms with Gasteiger partial charge in [-0.25, -0.2) is 9.59 Å². The summed E-state index contributed by atoms with van der Waals surface area (Å²) < 4.78 is 34.1. The summed E-state index contributed by atoms with van der Waals surface area (Å²) in [6.45, 7) is 6.66. The fraction of sp³-hybridized carbons (Fsp3) is 0.364. The summed E-state index contributed by atoms with van der Waals surface area (Å²) in [4.78, 5) is 58.4. The van der Waals surface area contributed by atoms with Crippen LogP contribution in [0.25, 0.3) is 0 Å². The number of nitrogens with one attached hydrogen (secondary N) is 1. The Hall–Kier alpha value is -5.95. The molecule has 1 heterocycles. The average molecular weight is 816 g/mol. The van der Waals surface area contributed by atoms with Crippen molar-refractivity contribution in [3.8, 4) is 28.7 Å². The van der Waals surface area contributed by atoms with Gasteiger partial charge in [-0.2, -0.15) is 0 Å². The zero-order chi connectivity index (χ0) is 42.1. The number of nitrogens with zero attached hydrogens (tertiary/aromatic N) is 2. The van der Waals surface area contributed by atoms with Gasteiger partial charge in [-0.05, 0) is 81.1 Å². The van der Waals surface area contributed by atoms with Crippen LogP contribution in [0.5, 0.6) is 28.7 Å². The Balaban J connectivity index is 1.45. The molecule has 0 aromatic heterocycles. The summed E-state index contributed by atoms with van der Waals surface area (Å²) in [5.74, 6) is -0.409. The monoisotopic (exact) mass is 815 g/mol. The molecule has 5 rings (SSSR count). The SMILES string of the molecule is COc1cc(OC)c(CN2C[C@@H](Cc3cc(Cl)ccc3OC)C(=O)N(C(=O)N[C@H](C)c3ccc(C(=O)OC(C)(C)C)c(OCc4ccccc4)c3)CC2=O)c(OC)c1. The van der Waals surface area contributed by atoms with Crippen LogP contribution in [0.15, 0.2) is 78.9 Å². The highest BCUT2D eigenvalue weighted by Gasteiger charge is 2.39. The first kappa shape index (κ1) is 43.2. The smallest absolute Gasteiger partial charge is 0.342 e. The van der Waals surface area contributed by atoms with Crippen LogP contribution in [0, 0.1) is 5.92 Å². The third kappa shape index (κ3) is 10.7. The molecular formula is C44H50ClN3O10. The van der Waals surface area contributed by atoms with Gasteiger partial charge in [0, 0.05) is 23.7 Å². The third-order valence-electron chi connectivity index (χ3n) is 9.52. The van der Waals surface area contributed by atoms with Crippen LogP contribution in [0.3, 0.4) is 0 Å². The Labute approximate surface area is 344 Å². The maximum absolute atomic E-state index is 14.4. The lowest BCUT2D eigenvalue weighted by Gasteiger charge is -2.26. The maximum Gasteiger partial charge on any atom is 0.342 e. The molecule has 308 valence electrons. The number of hydrogen-bond donors (Lipinski definition) is 1. The number of urea groups is 1. The minimum absolute atomic E-state index is 0.00719. The van der Waals surface area contributed by atoms with E-state index in [1.807, 2.05) is 30.3 Å². The lowest BCUT2D eigenvalue weighted by Crippen LogP contribution is -2.48. The predicted octanol–water partition coefficient (Wildman–Crippen LogP) is 7.41. The summed E-state index contributed by atoms with van der Waals surface area (Å²) in [5.41, 5.74) is 2.12. The molecule has 14 heteroatoms. The number of halogens is 1. The van der Waals surface area contributed by atoms with E-state index in [1.165, 1.54) is 33.3 Å². The molecule has 13 nitrogen and oxygen atoms in total. The molecule has 4 amide bonds. The first-order chi connectivity index (χ1) is 27.6. The molecule has 1 aliphatic rings. The number of methoxy groups -OCH3 is 4.